The van der Waals surface area contributed by atoms with Gasteiger partial charge in [-0.1, -0.05) is 0 Å². The molecule has 0 spiro atoms. The Morgan fingerprint density at radius 1 is 1.31 bits per heavy atom. The van der Waals surface area contributed by atoms with Crippen LogP contribution in [-0.2, 0) is 0 Å². The van der Waals surface area contributed by atoms with Gasteiger partial charge in [-0.2, -0.15) is 0 Å². The Morgan fingerprint density at radius 2 is 2.06 bits per heavy atom. The van der Waals surface area contributed by atoms with Crippen LogP contribution in [0, 0.1) is 0 Å². The molecule has 5 nitrogen and oxygen atoms in total. The van der Waals surface area contributed by atoms with Gasteiger partial charge in [0.05, 0.1) is 6.20 Å². The van der Waals surface area contributed by atoms with Gasteiger partial charge in [0.1, 0.15) is 11.4 Å². The second-order valence-corrected chi connectivity index (χ2v) is 4.70. The number of carboxylic acid groups (broad SMARTS) is 1. The molecule has 0 unspecified atom stereocenters. The van der Waals surface area contributed by atoms with Gasteiger partial charge in [0, 0.05) is 15.1 Å². The predicted molar refractivity (Wildman–Crippen MR) is 64.2 cm³/mol. The highest BCUT2D eigenvalue weighted by atomic mass is 79.9. The number of carbonyl (C=O) groups is 1. The molecule has 0 aromatic carbocycles. The summed E-state index contributed by atoms with van der Waals surface area (Å²) in [6.45, 7) is 0. The molecule has 0 bridgehead atoms. The first-order chi connectivity index (χ1) is 7.58. The van der Waals surface area contributed by atoms with Crippen molar-refractivity contribution in [2.45, 2.75) is 0 Å². The number of H-pyrrole nitrogens is 1. The SMILES string of the molecule is O=C(O)c1cnc(-c2ncc(Br)cc2Br)[nH]1. The standard InChI is InChI=1S/C9H5Br2N3O2/c10-4-1-5(11)7(12-2-4)8-13-3-6(14-8)9(15)16/h1-3H,(H,13,14)(H,15,16). The number of nitrogens with one attached hydrogen (secondary N) is 1. The third kappa shape index (κ3) is 2.14. The number of aromatic carboxylic acids is 1. The molecule has 2 rings (SSSR count). The molecular formula is C9H5Br2N3O2. The van der Waals surface area contributed by atoms with E-state index < -0.39 is 5.97 Å². The maximum Gasteiger partial charge on any atom is 0.353 e. The van der Waals surface area contributed by atoms with Gasteiger partial charge in [0.15, 0.2) is 5.82 Å². The van der Waals surface area contributed by atoms with E-state index in [4.69, 9.17) is 5.11 Å². The third-order valence-electron chi connectivity index (χ3n) is 1.84. The number of hydrogen-bond acceptors (Lipinski definition) is 3. The smallest absolute Gasteiger partial charge is 0.353 e. The lowest BCUT2D eigenvalue weighted by atomic mass is 10.3. The molecule has 0 amide bonds. The van der Waals surface area contributed by atoms with Crippen molar-refractivity contribution >= 4 is 37.8 Å². The van der Waals surface area contributed by atoms with Crippen LogP contribution < -0.4 is 0 Å². The topological polar surface area (TPSA) is 78.9 Å². The number of carboxylic acids is 1. The summed E-state index contributed by atoms with van der Waals surface area (Å²) in [6.07, 6.45) is 2.87. The third-order valence-corrected chi connectivity index (χ3v) is 2.88. The Bertz CT molecular complexity index is 553. The first-order valence-corrected chi connectivity index (χ1v) is 5.76. The minimum absolute atomic E-state index is 0.0339. The molecule has 2 aromatic rings. The van der Waals surface area contributed by atoms with E-state index in [1.807, 2.05) is 6.07 Å². The quantitative estimate of drug-likeness (QED) is 0.876. The van der Waals surface area contributed by atoms with Crippen molar-refractivity contribution in [3.05, 3.63) is 33.1 Å². The number of halogens is 2. The van der Waals surface area contributed by atoms with Crippen LogP contribution in [-0.4, -0.2) is 26.0 Å². The van der Waals surface area contributed by atoms with Gasteiger partial charge in [-0.25, -0.2) is 9.78 Å². The highest BCUT2D eigenvalue weighted by Gasteiger charge is 2.12. The molecule has 0 saturated heterocycles. The van der Waals surface area contributed by atoms with E-state index in [-0.39, 0.29) is 5.69 Å². The highest BCUT2D eigenvalue weighted by Crippen LogP contribution is 2.26. The highest BCUT2D eigenvalue weighted by molar-refractivity contribution is 9.11. The molecule has 0 fully saturated rings. The molecule has 2 aromatic heterocycles. The van der Waals surface area contributed by atoms with Crippen molar-refractivity contribution in [2.75, 3.05) is 0 Å². The first-order valence-electron chi connectivity index (χ1n) is 4.17. The fourth-order valence-corrected chi connectivity index (χ4v) is 2.31. The van der Waals surface area contributed by atoms with E-state index in [1.54, 1.807) is 6.20 Å². The summed E-state index contributed by atoms with van der Waals surface area (Å²) in [5.74, 6) is -0.635. The van der Waals surface area contributed by atoms with Crippen LogP contribution in [0.1, 0.15) is 10.5 Å². The van der Waals surface area contributed by atoms with E-state index in [0.29, 0.717) is 11.5 Å². The van der Waals surface area contributed by atoms with Crippen molar-refractivity contribution in [1.29, 1.82) is 0 Å². The summed E-state index contributed by atoms with van der Waals surface area (Å²) in [5, 5.41) is 8.75. The normalized spacial score (nSPS) is 10.4. The fourth-order valence-electron chi connectivity index (χ4n) is 1.14. The van der Waals surface area contributed by atoms with Crippen molar-refractivity contribution in [2.24, 2.45) is 0 Å². The van der Waals surface area contributed by atoms with Crippen LogP contribution in [0.2, 0.25) is 0 Å². The first kappa shape index (κ1) is 11.3. The lowest BCUT2D eigenvalue weighted by molar-refractivity contribution is 0.0691. The summed E-state index contributed by atoms with van der Waals surface area (Å²) in [4.78, 5) is 21.4. The summed E-state index contributed by atoms with van der Waals surface area (Å²) >= 11 is 6.61. The van der Waals surface area contributed by atoms with E-state index in [1.165, 1.54) is 6.20 Å². The molecule has 2 N–H and O–H groups in total. The van der Waals surface area contributed by atoms with Crippen molar-refractivity contribution < 1.29 is 9.90 Å². The number of rotatable bonds is 2. The molecule has 0 atom stereocenters. The predicted octanol–water partition coefficient (Wildman–Crippen LogP) is 2.69. The molecule has 0 radical (unpaired) electrons. The summed E-state index contributed by atoms with van der Waals surface area (Å²) in [6, 6.07) is 1.81. The molecule has 82 valence electrons. The van der Waals surface area contributed by atoms with Gasteiger partial charge in [0.25, 0.3) is 0 Å². The minimum atomic E-state index is -1.05. The fraction of sp³-hybridized carbons (Fsp3) is 0. The summed E-state index contributed by atoms with van der Waals surface area (Å²) in [7, 11) is 0. The molecule has 0 aliphatic heterocycles. The zero-order valence-electron chi connectivity index (χ0n) is 7.74. The lowest BCUT2D eigenvalue weighted by Gasteiger charge is -1.99. The van der Waals surface area contributed by atoms with Crippen LogP contribution >= 0.6 is 31.9 Å². The number of nitrogens with zero attached hydrogens (tertiary/aromatic N) is 2. The monoisotopic (exact) mass is 345 g/mol. The van der Waals surface area contributed by atoms with E-state index in [9.17, 15) is 4.79 Å². The molecule has 16 heavy (non-hydrogen) atoms. The molecule has 0 saturated carbocycles. The van der Waals surface area contributed by atoms with Crippen LogP contribution in [0.15, 0.2) is 27.4 Å². The van der Waals surface area contributed by atoms with E-state index in [2.05, 4.69) is 46.8 Å². The molecular weight excluding hydrogens is 342 g/mol. The minimum Gasteiger partial charge on any atom is -0.477 e. The summed E-state index contributed by atoms with van der Waals surface area (Å²) in [5.41, 5.74) is 0.599. The van der Waals surface area contributed by atoms with Crippen molar-refractivity contribution in [3.63, 3.8) is 0 Å². The van der Waals surface area contributed by atoms with E-state index >= 15 is 0 Å². The Labute approximate surface area is 107 Å². The number of imidazole rings is 1. The van der Waals surface area contributed by atoms with Gasteiger partial charge >= 0.3 is 5.97 Å². The largest absolute Gasteiger partial charge is 0.477 e. The average molecular weight is 347 g/mol. The Balaban J connectivity index is 2.46. The van der Waals surface area contributed by atoms with Crippen LogP contribution in [0.4, 0.5) is 0 Å². The second-order valence-electron chi connectivity index (χ2n) is 2.93. The van der Waals surface area contributed by atoms with Gasteiger partial charge < -0.3 is 10.1 Å². The van der Waals surface area contributed by atoms with Crippen molar-refractivity contribution in [3.8, 4) is 11.5 Å². The molecule has 0 aliphatic rings. The number of pyridine rings is 1. The maximum absolute atomic E-state index is 10.7. The molecule has 7 heteroatoms. The summed E-state index contributed by atoms with van der Waals surface area (Å²) < 4.78 is 1.56. The number of hydrogen-bond donors (Lipinski definition) is 2. The van der Waals surface area contributed by atoms with Crippen LogP contribution in [0.5, 0.6) is 0 Å². The molecule has 2 heterocycles. The van der Waals surface area contributed by atoms with Crippen LogP contribution in [0.3, 0.4) is 0 Å². The Morgan fingerprint density at radius 3 is 2.62 bits per heavy atom. The second kappa shape index (κ2) is 4.34. The maximum atomic E-state index is 10.7. The van der Waals surface area contributed by atoms with Gasteiger partial charge in [-0.05, 0) is 37.9 Å². The zero-order valence-corrected chi connectivity index (χ0v) is 10.9. The van der Waals surface area contributed by atoms with Crippen molar-refractivity contribution in [1.82, 2.24) is 15.0 Å². The zero-order chi connectivity index (χ0) is 11.7. The van der Waals surface area contributed by atoms with Gasteiger partial charge in [-0.3, -0.25) is 4.98 Å². The molecule has 0 aliphatic carbocycles. The Kier molecular flexibility index (Phi) is 3.06. The van der Waals surface area contributed by atoms with Gasteiger partial charge in [0.2, 0.25) is 0 Å². The average Bonchev–Trinajstić information content (AvgIpc) is 2.66. The lowest BCUT2D eigenvalue weighted by Crippen LogP contribution is -1.96. The van der Waals surface area contributed by atoms with Crippen LogP contribution in [0.25, 0.3) is 11.5 Å². The Hall–Kier alpha value is -1.21. The number of aromatic nitrogens is 3. The van der Waals surface area contributed by atoms with E-state index in [0.717, 1.165) is 8.95 Å². The van der Waals surface area contributed by atoms with Gasteiger partial charge in [-0.15, -0.1) is 0 Å². The number of aromatic amines is 1.